The van der Waals surface area contributed by atoms with Gasteiger partial charge in [-0.2, -0.15) is 0 Å². The second-order valence-electron chi connectivity index (χ2n) is 5.85. The van der Waals surface area contributed by atoms with Crippen LogP contribution in [0.4, 0.5) is 0 Å². The van der Waals surface area contributed by atoms with Gasteiger partial charge in [-0.3, -0.25) is 9.59 Å². The summed E-state index contributed by atoms with van der Waals surface area (Å²) in [5, 5.41) is 2.83. The lowest BCUT2D eigenvalue weighted by Crippen LogP contribution is -2.54. The van der Waals surface area contributed by atoms with Crippen LogP contribution in [0.25, 0.3) is 0 Å². The maximum absolute atomic E-state index is 12.9. The number of ether oxygens (including phenoxy) is 1. The summed E-state index contributed by atoms with van der Waals surface area (Å²) in [5.41, 5.74) is 0.778. The van der Waals surface area contributed by atoms with E-state index in [1.165, 1.54) is 0 Å². The summed E-state index contributed by atoms with van der Waals surface area (Å²) in [7, 11) is 0. The maximum atomic E-state index is 12.9. The molecule has 6 heteroatoms. The fourth-order valence-electron chi connectivity index (χ4n) is 2.87. The van der Waals surface area contributed by atoms with Crippen LogP contribution in [0.5, 0.6) is 5.75 Å². The summed E-state index contributed by atoms with van der Waals surface area (Å²) >= 11 is 3.39. The summed E-state index contributed by atoms with van der Waals surface area (Å²) < 4.78 is 6.66. The molecule has 1 aliphatic heterocycles. The third kappa shape index (κ3) is 4.02. The Morgan fingerprint density at radius 2 is 1.88 bits per heavy atom. The van der Waals surface area contributed by atoms with Gasteiger partial charge >= 0.3 is 0 Å². The van der Waals surface area contributed by atoms with Crippen molar-refractivity contribution in [3.05, 3.63) is 64.6 Å². The minimum absolute atomic E-state index is 0.172. The van der Waals surface area contributed by atoms with Crippen LogP contribution in [-0.4, -0.2) is 35.9 Å². The molecule has 0 bridgehead atoms. The Morgan fingerprint density at radius 1 is 1.20 bits per heavy atom. The van der Waals surface area contributed by atoms with Gasteiger partial charge in [0.1, 0.15) is 11.8 Å². The lowest BCUT2D eigenvalue weighted by Gasteiger charge is -2.36. The second kappa shape index (κ2) is 7.70. The number of nitrogens with one attached hydrogen (secondary N) is 1. The fraction of sp³-hybridized carbons (Fsp3) is 0.263. The van der Waals surface area contributed by atoms with Crippen LogP contribution in [0.1, 0.15) is 18.5 Å². The van der Waals surface area contributed by atoms with Crippen molar-refractivity contribution in [1.82, 2.24) is 10.2 Å². The molecule has 0 unspecified atom stereocenters. The molecule has 1 fully saturated rings. The number of nitrogens with zero attached hydrogens (tertiary/aromatic N) is 1. The van der Waals surface area contributed by atoms with E-state index in [2.05, 4.69) is 21.2 Å². The smallest absolute Gasteiger partial charge is 0.264 e. The Hall–Kier alpha value is -2.34. The molecule has 5 nitrogen and oxygen atoms in total. The zero-order chi connectivity index (χ0) is 17.8. The molecule has 0 saturated carbocycles. The van der Waals surface area contributed by atoms with Crippen molar-refractivity contribution in [3.8, 4) is 5.75 Å². The fourth-order valence-corrected chi connectivity index (χ4v) is 3.13. The number of hydrogen-bond donors (Lipinski definition) is 1. The first-order valence-corrected chi connectivity index (χ1v) is 8.91. The lowest BCUT2D eigenvalue weighted by atomic mass is 10.0. The van der Waals surface area contributed by atoms with E-state index in [-0.39, 0.29) is 11.8 Å². The zero-order valence-electron chi connectivity index (χ0n) is 13.8. The highest BCUT2D eigenvalue weighted by molar-refractivity contribution is 9.10. The van der Waals surface area contributed by atoms with Crippen molar-refractivity contribution in [1.29, 1.82) is 0 Å². The van der Waals surface area contributed by atoms with Gasteiger partial charge in [-0.15, -0.1) is 0 Å². The average Bonchev–Trinajstić information content (AvgIpc) is 2.62. The van der Waals surface area contributed by atoms with Gasteiger partial charge in [-0.05, 0) is 36.8 Å². The average molecular weight is 403 g/mol. The number of piperazine rings is 1. The number of amides is 2. The Bertz CT molecular complexity index is 749. The topological polar surface area (TPSA) is 58.6 Å². The van der Waals surface area contributed by atoms with E-state index in [1.807, 2.05) is 42.5 Å². The summed E-state index contributed by atoms with van der Waals surface area (Å²) in [4.78, 5) is 26.9. The Morgan fingerprint density at radius 3 is 2.56 bits per heavy atom. The number of carbonyl (C=O) groups excluding carboxylic acids is 2. The van der Waals surface area contributed by atoms with Crippen LogP contribution >= 0.6 is 15.9 Å². The summed E-state index contributed by atoms with van der Waals surface area (Å²) in [6.45, 7) is 2.60. The third-order valence-corrected chi connectivity index (χ3v) is 4.61. The molecule has 1 heterocycles. The summed E-state index contributed by atoms with van der Waals surface area (Å²) in [6.07, 6.45) is -0.675. The molecule has 2 atom stereocenters. The van der Waals surface area contributed by atoms with Crippen LogP contribution in [0.3, 0.4) is 0 Å². The van der Waals surface area contributed by atoms with Crippen LogP contribution < -0.4 is 10.1 Å². The molecule has 0 aromatic heterocycles. The van der Waals surface area contributed by atoms with Gasteiger partial charge in [-0.25, -0.2) is 0 Å². The molecular formula is C19H19BrN2O3. The molecule has 25 heavy (non-hydrogen) atoms. The molecule has 1 N–H and O–H groups in total. The molecule has 0 aliphatic carbocycles. The quantitative estimate of drug-likeness (QED) is 0.854. The van der Waals surface area contributed by atoms with E-state index in [9.17, 15) is 9.59 Å². The van der Waals surface area contributed by atoms with Gasteiger partial charge in [0.25, 0.3) is 5.91 Å². The number of carbonyl (C=O) groups is 2. The Balaban J connectivity index is 1.80. The SMILES string of the molecule is C[C@H](Oc1ccccc1)C(=O)N1CCNC(=O)[C@@H]1c1ccc(Br)cc1. The molecule has 2 aromatic carbocycles. The van der Waals surface area contributed by atoms with Gasteiger partial charge in [0, 0.05) is 17.6 Å². The summed E-state index contributed by atoms with van der Waals surface area (Å²) in [5.74, 6) is 0.255. The predicted molar refractivity (Wildman–Crippen MR) is 98.1 cm³/mol. The third-order valence-electron chi connectivity index (χ3n) is 4.08. The highest BCUT2D eigenvalue weighted by Crippen LogP contribution is 2.26. The molecule has 2 amide bonds. The van der Waals surface area contributed by atoms with Gasteiger partial charge < -0.3 is 15.0 Å². The molecule has 0 radical (unpaired) electrons. The summed E-state index contributed by atoms with van der Waals surface area (Å²) in [6, 6.07) is 16.0. The first kappa shape index (κ1) is 17.5. The Labute approximate surface area is 155 Å². The second-order valence-corrected chi connectivity index (χ2v) is 6.77. The van der Waals surface area contributed by atoms with E-state index in [4.69, 9.17) is 4.74 Å². The molecule has 3 rings (SSSR count). The van der Waals surface area contributed by atoms with Crippen LogP contribution in [-0.2, 0) is 9.59 Å². The van der Waals surface area contributed by atoms with Crippen molar-refractivity contribution in [2.75, 3.05) is 13.1 Å². The van der Waals surface area contributed by atoms with Gasteiger partial charge in [0.05, 0.1) is 0 Å². The minimum atomic E-state index is -0.675. The molecule has 0 spiro atoms. The van der Waals surface area contributed by atoms with E-state index in [0.717, 1.165) is 10.0 Å². The van der Waals surface area contributed by atoms with Crippen molar-refractivity contribution in [2.24, 2.45) is 0 Å². The standard InChI is InChI=1S/C19H19BrN2O3/c1-13(25-16-5-3-2-4-6-16)19(24)22-12-11-21-18(23)17(22)14-7-9-15(20)10-8-14/h2-10,13,17H,11-12H2,1H3,(H,21,23)/t13-,17-/m0/s1. The Kier molecular flexibility index (Phi) is 5.38. The van der Waals surface area contributed by atoms with Crippen molar-refractivity contribution < 1.29 is 14.3 Å². The van der Waals surface area contributed by atoms with Gasteiger partial charge in [0.2, 0.25) is 5.91 Å². The largest absolute Gasteiger partial charge is 0.481 e. The van der Waals surface area contributed by atoms with E-state index in [0.29, 0.717) is 18.8 Å². The highest BCUT2D eigenvalue weighted by Gasteiger charge is 2.36. The van der Waals surface area contributed by atoms with Crippen LogP contribution in [0, 0.1) is 0 Å². The first-order valence-electron chi connectivity index (χ1n) is 8.11. The van der Waals surface area contributed by atoms with Gasteiger partial charge in [0.15, 0.2) is 6.10 Å². The van der Waals surface area contributed by atoms with E-state index < -0.39 is 12.1 Å². The van der Waals surface area contributed by atoms with E-state index in [1.54, 1.807) is 24.0 Å². The van der Waals surface area contributed by atoms with Crippen LogP contribution in [0.2, 0.25) is 0 Å². The monoisotopic (exact) mass is 402 g/mol. The predicted octanol–water partition coefficient (Wildman–Crippen LogP) is 2.92. The molecule has 1 aliphatic rings. The maximum Gasteiger partial charge on any atom is 0.264 e. The molecular weight excluding hydrogens is 384 g/mol. The molecule has 2 aromatic rings. The number of hydrogen-bond acceptors (Lipinski definition) is 3. The number of halogens is 1. The number of para-hydroxylation sites is 1. The van der Waals surface area contributed by atoms with Crippen molar-refractivity contribution >= 4 is 27.7 Å². The highest BCUT2D eigenvalue weighted by atomic mass is 79.9. The normalized spacial score (nSPS) is 18.4. The molecule has 1 saturated heterocycles. The number of rotatable bonds is 4. The van der Waals surface area contributed by atoms with Crippen LogP contribution in [0.15, 0.2) is 59.1 Å². The first-order chi connectivity index (χ1) is 12.1. The lowest BCUT2D eigenvalue weighted by molar-refractivity contribution is -0.148. The number of benzene rings is 2. The van der Waals surface area contributed by atoms with Crippen molar-refractivity contribution in [2.45, 2.75) is 19.1 Å². The minimum Gasteiger partial charge on any atom is -0.481 e. The zero-order valence-corrected chi connectivity index (χ0v) is 15.4. The molecule has 130 valence electrons. The van der Waals surface area contributed by atoms with E-state index >= 15 is 0 Å². The van der Waals surface area contributed by atoms with Gasteiger partial charge in [-0.1, -0.05) is 46.3 Å². The van der Waals surface area contributed by atoms with Crippen molar-refractivity contribution in [3.63, 3.8) is 0 Å².